The highest BCUT2D eigenvalue weighted by atomic mass is 35.5. The van der Waals surface area contributed by atoms with Gasteiger partial charge in [0.05, 0.1) is 15.6 Å². The summed E-state index contributed by atoms with van der Waals surface area (Å²) in [6.07, 6.45) is 0. The fourth-order valence-electron chi connectivity index (χ4n) is 3.66. The highest BCUT2D eigenvalue weighted by Crippen LogP contribution is 2.66. The number of hydrogen-bond donors (Lipinski definition) is 2. The smallest absolute Gasteiger partial charge is 0.132 e. The lowest BCUT2D eigenvalue weighted by molar-refractivity contribution is 0.254. The quantitative estimate of drug-likeness (QED) is 0.554. The molecule has 0 aliphatic carbocycles. The Kier molecular flexibility index (Phi) is 4.62. The van der Waals surface area contributed by atoms with E-state index in [-0.39, 0.29) is 17.4 Å². The summed E-state index contributed by atoms with van der Waals surface area (Å²) in [5.74, 6) is -0.361. The lowest BCUT2D eigenvalue weighted by Gasteiger charge is -2.27. The van der Waals surface area contributed by atoms with Crippen molar-refractivity contribution in [2.45, 2.75) is 37.9 Å². The number of ether oxygens (including phenoxy) is 1. The second kappa shape index (κ2) is 6.11. The first-order valence-electron chi connectivity index (χ1n) is 7.58. The summed E-state index contributed by atoms with van der Waals surface area (Å²) in [4.78, 5) is 0. The van der Waals surface area contributed by atoms with Crippen molar-refractivity contribution in [3.8, 4) is 11.5 Å². The van der Waals surface area contributed by atoms with Crippen molar-refractivity contribution in [3.63, 3.8) is 0 Å². The van der Waals surface area contributed by atoms with Gasteiger partial charge in [0.1, 0.15) is 17.1 Å². The second-order valence-electron chi connectivity index (χ2n) is 6.68. The van der Waals surface area contributed by atoms with E-state index in [4.69, 9.17) is 51.1 Å². The van der Waals surface area contributed by atoms with E-state index in [9.17, 15) is 10.2 Å². The first-order chi connectivity index (χ1) is 11.5. The van der Waals surface area contributed by atoms with E-state index < -0.39 is 11.2 Å². The molecule has 0 saturated carbocycles. The van der Waals surface area contributed by atoms with Crippen LogP contribution in [0.25, 0.3) is 0 Å². The maximum absolute atomic E-state index is 9.73. The Labute approximate surface area is 166 Å². The Bertz CT molecular complexity index is 819. The summed E-state index contributed by atoms with van der Waals surface area (Å²) in [6.45, 7) is 5.76. The maximum Gasteiger partial charge on any atom is 0.132 e. The third-order valence-corrected chi connectivity index (χ3v) is 6.00. The number of hydrogen-bond acceptors (Lipinski definition) is 3. The average Bonchev–Trinajstić information content (AvgIpc) is 2.99. The minimum Gasteiger partial charge on any atom is -0.508 e. The first kappa shape index (κ1) is 18.9. The van der Waals surface area contributed by atoms with E-state index in [1.54, 1.807) is 0 Å². The molecule has 1 aliphatic rings. The van der Waals surface area contributed by atoms with Gasteiger partial charge < -0.3 is 14.9 Å². The van der Waals surface area contributed by atoms with Gasteiger partial charge in [-0.3, -0.25) is 0 Å². The molecule has 0 bridgehead atoms. The normalized spacial score (nSPS) is 22.7. The van der Waals surface area contributed by atoms with Crippen molar-refractivity contribution in [3.05, 3.63) is 55.5 Å². The van der Waals surface area contributed by atoms with E-state index in [0.717, 1.165) is 0 Å². The monoisotopic (exact) mass is 420 g/mol. The molecule has 3 nitrogen and oxygen atoms in total. The molecule has 7 heteroatoms. The molecule has 1 aliphatic heterocycles. The molecule has 1 heterocycles. The number of rotatable bonds is 3. The minimum absolute atomic E-state index is 0.0170. The van der Waals surface area contributed by atoms with Crippen molar-refractivity contribution in [1.29, 1.82) is 0 Å². The van der Waals surface area contributed by atoms with Gasteiger partial charge in [0.15, 0.2) is 0 Å². The molecule has 25 heavy (non-hydrogen) atoms. The second-order valence-corrected chi connectivity index (χ2v) is 8.31. The Morgan fingerprint density at radius 1 is 0.840 bits per heavy atom. The maximum atomic E-state index is 9.73. The third kappa shape index (κ3) is 2.87. The number of epoxide rings is 1. The van der Waals surface area contributed by atoms with Gasteiger partial charge in [0.2, 0.25) is 0 Å². The number of aromatic hydroxyl groups is 2. The molecule has 0 amide bonds. The fourth-order valence-corrected chi connectivity index (χ4v) is 5.22. The Hall–Kier alpha value is -0.840. The molecule has 2 atom stereocenters. The van der Waals surface area contributed by atoms with Crippen LogP contribution in [0.3, 0.4) is 0 Å². The number of benzene rings is 2. The zero-order chi connectivity index (χ0) is 18.7. The van der Waals surface area contributed by atoms with E-state index in [1.807, 2.05) is 20.8 Å². The van der Waals surface area contributed by atoms with Gasteiger partial charge in [0.25, 0.3) is 0 Å². The molecule has 0 spiro atoms. The van der Waals surface area contributed by atoms with Crippen LogP contribution in [0.15, 0.2) is 24.3 Å². The summed E-state index contributed by atoms with van der Waals surface area (Å²) in [6, 6.07) is 5.72. The zero-order valence-corrected chi connectivity index (χ0v) is 16.7. The summed E-state index contributed by atoms with van der Waals surface area (Å²) >= 11 is 25.5. The topological polar surface area (TPSA) is 53.0 Å². The number of phenols is 2. The summed E-state index contributed by atoms with van der Waals surface area (Å²) < 4.78 is 6.11. The molecule has 2 aromatic rings. The van der Waals surface area contributed by atoms with E-state index in [2.05, 4.69) is 0 Å². The van der Waals surface area contributed by atoms with Crippen molar-refractivity contribution < 1.29 is 14.9 Å². The SMILES string of the molecule is CC(c1c(Cl)cc(O)cc1Cl)C1(c2c(Cl)cc(O)cc2Cl)OC1(C)C. The molecule has 3 rings (SSSR count). The summed E-state index contributed by atoms with van der Waals surface area (Å²) in [5.41, 5.74) is -0.251. The fraction of sp³-hybridized carbons (Fsp3) is 0.333. The van der Waals surface area contributed by atoms with Gasteiger partial charge in [-0.25, -0.2) is 0 Å². The predicted octanol–water partition coefficient (Wildman–Crippen LogP) is 6.52. The van der Waals surface area contributed by atoms with Gasteiger partial charge in [-0.2, -0.15) is 0 Å². The molecule has 1 saturated heterocycles. The molecule has 2 unspecified atom stereocenters. The standard InChI is InChI=1S/C18H16Cl4O3/c1-8(15-11(19)4-9(23)5-12(15)20)18(17(2,3)25-18)16-13(21)6-10(24)7-14(16)22/h4-8,23-24H,1-3H3. The Morgan fingerprint density at radius 3 is 1.56 bits per heavy atom. The van der Waals surface area contributed by atoms with Crippen LogP contribution in [0, 0.1) is 0 Å². The van der Waals surface area contributed by atoms with Crippen LogP contribution in [-0.4, -0.2) is 15.8 Å². The van der Waals surface area contributed by atoms with E-state index >= 15 is 0 Å². The molecule has 0 radical (unpaired) electrons. The van der Waals surface area contributed by atoms with Crippen molar-refractivity contribution in [1.82, 2.24) is 0 Å². The predicted molar refractivity (Wildman–Crippen MR) is 102 cm³/mol. The molecule has 0 aromatic heterocycles. The molecular weight excluding hydrogens is 406 g/mol. The van der Waals surface area contributed by atoms with Crippen LogP contribution in [0.4, 0.5) is 0 Å². The Balaban J connectivity index is 2.22. The summed E-state index contributed by atoms with van der Waals surface area (Å²) in [5, 5.41) is 20.7. The van der Waals surface area contributed by atoms with Crippen LogP contribution >= 0.6 is 46.4 Å². The van der Waals surface area contributed by atoms with Crippen LogP contribution in [-0.2, 0) is 10.3 Å². The highest BCUT2D eigenvalue weighted by molar-refractivity contribution is 6.37. The van der Waals surface area contributed by atoms with Crippen LogP contribution in [0.5, 0.6) is 11.5 Å². The van der Waals surface area contributed by atoms with Crippen LogP contribution in [0.2, 0.25) is 20.1 Å². The minimum atomic E-state index is -0.876. The zero-order valence-electron chi connectivity index (χ0n) is 13.7. The van der Waals surface area contributed by atoms with Crippen molar-refractivity contribution >= 4 is 46.4 Å². The molecule has 134 valence electrons. The van der Waals surface area contributed by atoms with E-state index in [0.29, 0.717) is 31.2 Å². The van der Waals surface area contributed by atoms with Gasteiger partial charge in [0, 0.05) is 21.5 Å². The van der Waals surface area contributed by atoms with Gasteiger partial charge in [-0.1, -0.05) is 53.3 Å². The van der Waals surface area contributed by atoms with Gasteiger partial charge >= 0.3 is 0 Å². The summed E-state index contributed by atoms with van der Waals surface area (Å²) in [7, 11) is 0. The molecular formula is C18H16Cl4O3. The number of halogens is 4. The van der Waals surface area contributed by atoms with Crippen molar-refractivity contribution in [2.24, 2.45) is 0 Å². The van der Waals surface area contributed by atoms with Gasteiger partial charge in [-0.15, -0.1) is 0 Å². The number of phenolic OH excluding ortho intramolecular Hbond substituents is 2. The van der Waals surface area contributed by atoms with Gasteiger partial charge in [-0.05, 0) is 43.7 Å². The van der Waals surface area contributed by atoms with Crippen LogP contribution in [0.1, 0.15) is 37.8 Å². The van der Waals surface area contributed by atoms with Crippen LogP contribution < -0.4 is 0 Å². The first-order valence-corrected chi connectivity index (χ1v) is 9.09. The largest absolute Gasteiger partial charge is 0.508 e. The molecule has 1 fully saturated rings. The lowest BCUT2D eigenvalue weighted by Crippen LogP contribution is -2.26. The lowest BCUT2D eigenvalue weighted by atomic mass is 9.75. The Morgan fingerprint density at radius 2 is 1.20 bits per heavy atom. The average molecular weight is 422 g/mol. The highest BCUT2D eigenvalue weighted by Gasteiger charge is 2.69. The third-order valence-electron chi connectivity index (χ3n) is 4.77. The van der Waals surface area contributed by atoms with E-state index in [1.165, 1.54) is 24.3 Å². The molecule has 2 N–H and O–H groups in total. The molecule has 2 aromatic carbocycles. The van der Waals surface area contributed by atoms with Crippen molar-refractivity contribution in [2.75, 3.05) is 0 Å².